The Balaban J connectivity index is 1.77. The van der Waals surface area contributed by atoms with Gasteiger partial charge in [0.15, 0.2) is 0 Å². The van der Waals surface area contributed by atoms with E-state index in [1.165, 1.54) is 22.3 Å². The van der Waals surface area contributed by atoms with Crippen LogP contribution in [0, 0.1) is 0 Å². The van der Waals surface area contributed by atoms with Crippen LogP contribution < -0.4 is 9.47 Å². The molecule has 0 saturated heterocycles. The lowest BCUT2D eigenvalue weighted by Crippen LogP contribution is -2.23. The maximum absolute atomic E-state index is 6.58. The summed E-state index contributed by atoms with van der Waals surface area (Å²) in [5, 5.41) is 0. The smallest absolute Gasteiger partial charge is 0.134 e. The van der Waals surface area contributed by atoms with Gasteiger partial charge in [-0.25, -0.2) is 0 Å². The molecule has 224 valence electrons. The molecule has 43 heavy (non-hydrogen) atoms. The van der Waals surface area contributed by atoms with Crippen LogP contribution >= 0.6 is 0 Å². The van der Waals surface area contributed by atoms with Crippen LogP contribution in [0.1, 0.15) is 103 Å². The predicted octanol–water partition coefficient (Wildman–Crippen LogP) is 12.3. The van der Waals surface area contributed by atoms with Gasteiger partial charge in [0.05, 0.1) is 0 Å². The maximum atomic E-state index is 6.58. The molecule has 4 aromatic carbocycles. The molecule has 0 bridgehead atoms. The minimum atomic E-state index is -0.247. The Labute approximate surface area is 260 Å². The van der Waals surface area contributed by atoms with Crippen molar-refractivity contribution in [3.63, 3.8) is 0 Å². The Kier molecular flexibility index (Phi) is 9.40. The SMILES string of the molecule is CC=Cc1ccccc1Oc1ccc(C(C)(C)c2ccc(Oc3ccccc3C=CC)c(C(C)(C)C)c2)cc1C(C)(C)C. The van der Waals surface area contributed by atoms with Crippen LogP contribution in [0.4, 0.5) is 0 Å². The van der Waals surface area contributed by atoms with E-state index in [1.54, 1.807) is 0 Å². The van der Waals surface area contributed by atoms with Gasteiger partial charge in [0, 0.05) is 27.7 Å². The molecule has 0 spiro atoms. The summed E-state index contributed by atoms with van der Waals surface area (Å²) in [6, 6.07) is 29.8. The molecule has 4 rings (SSSR count). The van der Waals surface area contributed by atoms with Crippen molar-refractivity contribution in [1.82, 2.24) is 0 Å². The first-order valence-electron chi connectivity index (χ1n) is 15.3. The van der Waals surface area contributed by atoms with E-state index in [-0.39, 0.29) is 16.2 Å². The lowest BCUT2D eigenvalue weighted by molar-refractivity contribution is 0.451. The molecule has 0 heterocycles. The minimum absolute atomic E-state index is 0.106. The van der Waals surface area contributed by atoms with Crippen molar-refractivity contribution in [3.8, 4) is 23.0 Å². The van der Waals surface area contributed by atoms with Gasteiger partial charge in [-0.05, 0) is 60.1 Å². The largest absolute Gasteiger partial charge is 0.456 e. The minimum Gasteiger partial charge on any atom is -0.456 e. The third-order valence-corrected chi connectivity index (χ3v) is 7.99. The molecule has 0 fully saturated rings. The molecule has 4 aromatic rings. The summed E-state index contributed by atoms with van der Waals surface area (Å²) < 4.78 is 13.2. The number of rotatable bonds is 8. The van der Waals surface area contributed by atoms with Crippen molar-refractivity contribution in [2.24, 2.45) is 0 Å². The molecule has 2 heteroatoms. The number of benzene rings is 4. The Morgan fingerprint density at radius 3 is 1.19 bits per heavy atom. The van der Waals surface area contributed by atoms with E-state index in [1.807, 2.05) is 62.4 Å². The number of ether oxygens (including phenoxy) is 2. The van der Waals surface area contributed by atoms with E-state index in [0.29, 0.717) is 0 Å². The second-order valence-electron chi connectivity index (χ2n) is 13.8. The van der Waals surface area contributed by atoms with Gasteiger partial charge in [-0.2, -0.15) is 0 Å². The van der Waals surface area contributed by atoms with Gasteiger partial charge >= 0.3 is 0 Å². The number of allylic oxidation sites excluding steroid dienone is 2. The summed E-state index contributed by atoms with van der Waals surface area (Å²) in [6.45, 7) is 22.2. The van der Waals surface area contributed by atoms with Crippen molar-refractivity contribution >= 4 is 12.2 Å². The molecule has 0 aliphatic carbocycles. The number of para-hydroxylation sites is 2. The van der Waals surface area contributed by atoms with Crippen LogP contribution in [-0.2, 0) is 16.2 Å². The van der Waals surface area contributed by atoms with Crippen LogP contribution in [0.5, 0.6) is 23.0 Å². The molecule has 0 radical (unpaired) electrons. The Morgan fingerprint density at radius 1 is 0.465 bits per heavy atom. The van der Waals surface area contributed by atoms with Gasteiger partial charge in [0.25, 0.3) is 0 Å². The zero-order valence-corrected chi connectivity index (χ0v) is 27.7. The van der Waals surface area contributed by atoms with Crippen LogP contribution in [-0.4, -0.2) is 0 Å². The summed E-state index contributed by atoms with van der Waals surface area (Å²) in [5.74, 6) is 3.50. The highest BCUT2D eigenvalue weighted by atomic mass is 16.5. The molecular formula is C41H48O2. The highest BCUT2D eigenvalue weighted by molar-refractivity contribution is 5.60. The Morgan fingerprint density at radius 2 is 0.837 bits per heavy atom. The summed E-state index contributed by atoms with van der Waals surface area (Å²) in [6.07, 6.45) is 8.26. The second kappa shape index (κ2) is 12.7. The summed E-state index contributed by atoms with van der Waals surface area (Å²) in [4.78, 5) is 0. The summed E-state index contributed by atoms with van der Waals surface area (Å²) in [7, 11) is 0. The second-order valence-corrected chi connectivity index (χ2v) is 13.8. The molecule has 0 atom stereocenters. The van der Waals surface area contributed by atoms with Crippen LogP contribution in [0.25, 0.3) is 12.2 Å². The average molecular weight is 573 g/mol. The fraction of sp³-hybridized carbons (Fsp3) is 0.317. The van der Waals surface area contributed by atoms with Crippen LogP contribution in [0.2, 0.25) is 0 Å². The first-order valence-corrected chi connectivity index (χ1v) is 15.3. The summed E-state index contributed by atoms with van der Waals surface area (Å²) >= 11 is 0. The molecule has 0 N–H and O–H groups in total. The van der Waals surface area contributed by atoms with Gasteiger partial charge in [-0.15, -0.1) is 0 Å². The van der Waals surface area contributed by atoms with Crippen molar-refractivity contribution in [1.29, 1.82) is 0 Å². The zero-order chi connectivity index (χ0) is 31.4. The topological polar surface area (TPSA) is 18.5 Å². The van der Waals surface area contributed by atoms with Crippen molar-refractivity contribution in [3.05, 3.63) is 130 Å². The zero-order valence-electron chi connectivity index (χ0n) is 27.7. The average Bonchev–Trinajstić information content (AvgIpc) is 2.94. The molecule has 0 saturated carbocycles. The quantitative estimate of drug-likeness (QED) is 0.209. The van der Waals surface area contributed by atoms with E-state index in [4.69, 9.17) is 9.47 Å². The maximum Gasteiger partial charge on any atom is 0.134 e. The van der Waals surface area contributed by atoms with Gasteiger partial charge in [0.1, 0.15) is 23.0 Å². The monoisotopic (exact) mass is 572 g/mol. The molecule has 0 amide bonds. The molecular weight excluding hydrogens is 524 g/mol. The van der Waals surface area contributed by atoms with E-state index >= 15 is 0 Å². The highest BCUT2D eigenvalue weighted by Crippen LogP contribution is 2.43. The van der Waals surface area contributed by atoms with Crippen LogP contribution in [0.15, 0.2) is 97.1 Å². The molecule has 0 aliphatic heterocycles. The van der Waals surface area contributed by atoms with Crippen molar-refractivity contribution < 1.29 is 9.47 Å². The van der Waals surface area contributed by atoms with E-state index in [2.05, 4.69) is 116 Å². The van der Waals surface area contributed by atoms with Crippen LogP contribution in [0.3, 0.4) is 0 Å². The Bertz CT molecular complexity index is 1500. The van der Waals surface area contributed by atoms with E-state index < -0.39 is 0 Å². The fourth-order valence-electron chi connectivity index (χ4n) is 5.37. The van der Waals surface area contributed by atoms with Crippen molar-refractivity contribution in [2.45, 2.75) is 85.5 Å². The third-order valence-electron chi connectivity index (χ3n) is 7.99. The molecule has 0 unspecified atom stereocenters. The van der Waals surface area contributed by atoms with Gasteiger partial charge in [0.2, 0.25) is 0 Å². The van der Waals surface area contributed by atoms with Gasteiger partial charge in [-0.1, -0.05) is 140 Å². The number of hydrogen-bond donors (Lipinski definition) is 0. The normalized spacial score (nSPS) is 12.7. The fourth-order valence-corrected chi connectivity index (χ4v) is 5.37. The summed E-state index contributed by atoms with van der Waals surface area (Å²) in [5.41, 5.74) is 6.55. The predicted molar refractivity (Wildman–Crippen MR) is 185 cm³/mol. The molecule has 0 aromatic heterocycles. The molecule has 0 aliphatic rings. The lowest BCUT2D eigenvalue weighted by atomic mass is 9.73. The standard InChI is InChI=1S/C41H48O2/c1-11-17-29-19-13-15-21-35(29)42-37-25-23-31(27-33(37)39(3,4)5)41(9,10)32-24-26-38(34(28-32)40(6,7)8)43-36-22-16-14-20-30(36)18-12-2/h11-28H,1-10H3. The van der Waals surface area contributed by atoms with E-state index in [9.17, 15) is 0 Å². The first kappa shape index (κ1) is 31.9. The highest BCUT2D eigenvalue weighted by Gasteiger charge is 2.30. The first-order chi connectivity index (χ1) is 20.3. The lowest BCUT2D eigenvalue weighted by Gasteiger charge is -2.32. The Hall–Kier alpha value is -4.04. The van der Waals surface area contributed by atoms with Gasteiger partial charge < -0.3 is 9.47 Å². The number of hydrogen-bond acceptors (Lipinski definition) is 2. The van der Waals surface area contributed by atoms with E-state index in [0.717, 1.165) is 34.1 Å². The third kappa shape index (κ3) is 7.31. The van der Waals surface area contributed by atoms with Gasteiger partial charge in [-0.3, -0.25) is 0 Å². The van der Waals surface area contributed by atoms with Crippen molar-refractivity contribution in [2.75, 3.05) is 0 Å². The molecule has 2 nitrogen and oxygen atoms in total.